The third kappa shape index (κ3) is 24.8. The first kappa shape index (κ1) is 28.3. The van der Waals surface area contributed by atoms with Crippen molar-refractivity contribution < 1.29 is 29.3 Å². The van der Waals surface area contributed by atoms with Gasteiger partial charge >= 0.3 is 18.0 Å². The van der Waals surface area contributed by atoms with Gasteiger partial charge < -0.3 is 26.0 Å². The molecule has 150 valence electrons. The summed E-state index contributed by atoms with van der Waals surface area (Å²) >= 11 is 0. The van der Waals surface area contributed by atoms with Gasteiger partial charge in [-0.1, -0.05) is 6.92 Å². The lowest BCUT2D eigenvalue weighted by Crippen LogP contribution is -2.33. The van der Waals surface area contributed by atoms with Gasteiger partial charge in [0.2, 0.25) is 0 Å². The highest BCUT2D eigenvalue weighted by atomic mass is 35.5. The molecule has 0 aliphatic rings. The summed E-state index contributed by atoms with van der Waals surface area (Å²) < 4.78 is 5.00. The summed E-state index contributed by atoms with van der Waals surface area (Å²) in [6.07, 6.45) is 2.37. The Balaban J connectivity index is -0.000000418. The van der Waals surface area contributed by atoms with Crippen LogP contribution in [0.1, 0.15) is 59.8 Å². The molecule has 1 amide bonds. The molecule has 0 aromatic heterocycles. The molecule has 25 heavy (non-hydrogen) atoms. The molecule has 0 saturated carbocycles. The molecular weight excluding hydrogens is 352 g/mol. The fourth-order valence-electron chi connectivity index (χ4n) is 1.45. The lowest BCUT2D eigenvalue weighted by atomic mass is 10.1. The van der Waals surface area contributed by atoms with Crippen LogP contribution in [-0.2, 0) is 14.3 Å². The van der Waals surface area contributed by atoms with E-state index in [2.05, 4.69) is 5.32 Å². The van der Waals surface area contributed by atoms with E-state index < -0.39 is 23.6 Å². The number of nitrogens with one attached hydrogen (secondary N) is 1. The Bertz CT molecular complexity index is 385. The summed E-state index contributed by atoms with van der Waals surface area (Å²) in [5, 5.41) is 19.3. The van der Waals surface area contributed by atoms with Crippen molar-refractivity contribution in [1.29, 1.82) is 0 Å². The number of halogens is 1. The molecule has 0 aliphatic heterocycles. The highest BCUT2D eigenvalue weighted by Crippen LogP contribution is 2.06. The minimum atomic E-state index is -0.813. The first-order valence-electron chi connectivity index (χ1n) is 8.11. The zero-order valence-electron chi connectivity index (χ0n) is 15.5. The number of rotatable bonds is 9. The number of carbonyl (C=O) groups is 3. The van der Waals surface area contributed by atoms with E-state index in [0.29, 0.717) is 32.4 Å². The Kier molecular flexibility index (Phi) is 18.0. The van der Waals surface area contributed by atoms with Crippen LogP contribution < -0.4 is 11.1 Å². The molecule has 0 spiro atoms. The Morgan fingerprint density at radius 2 is 1.68 bits per heavy atom. The van der Waals surface area contributed by atoms with Crippen molar-refractivity contribution in [2.75, 3.05) is 13.1 Å². The molecule has 0 saturated heterocycles. The third-order valence-corrected chi connectivity index (χ3v) is 2.75. The molecule has 0 aromatic rings. The number of carboxylic acid groups (broad SMARTS) is 2. The van der Waals surface area contributed by atoms with E-state index in [1.165, 1.54) is 0 Å². The van der Waals surface area contributed by atoms with Crippen molar-refractivity contribution in [3.05, 3.63) is 0 Å². The fraction of sp³-hybridized carbons (Fsp3) is 0.812. The van der Waals surface area contributed by atoms with Crippen molar-refractivity contribution in [3.8, 4) is 0 Å². The van der Waals surface area contributed by atoms with Crippen LogP contribution in [0.4, 0.5) is 4.79 Å². The molecule has 0 aromatic carbocycles. The minimum absolute atomic E-state index is 0. The van der Waals surface area contributed by atoms with Gasteiger partial charge in [0.05, 0.1) is 5.92 Å². The van der Waals surface area contributed by atoms with Crippen molar-refractivity contribution in [1.82, 2.24) is 5.32 Å². The first-order valence-corrected chi connectivity index (χ1v) is 8.11. The third-order valence-electron chi connectivity index (χ3n) is 2.75. The van der Waals surface area contributed by atoms with Gasteiger partial charge in [-0.2, -0.15) is 0 Å². The van der Waals surface area contributed by atoms with Crippen molar-refractivity contribution in [2.45, 2.75) is 65.4 Å². The molecule has 0 radical (unpaired) electrons. The summed E-state index contributed by atoms with van der Waals surface area (Å²) in [4.78, 5) is 31.4. The maximum atomic E-state index is 11.1. The predicted molar refractivity (Wildman–Crippen MR) is 98.1 cm³/mol. The van der Waals surface area contributed by atoms with E-state index >= 15 is 0 Å². The minimum Gasteiger partial charge on any atom is -0.481 e. The summed E-state index contributed by atoms with van der Waals surface area (Å²) in [6.45, 7) is 8.09. The SMILES string of the molecule is CC(C)(C)OC(=O)NCCCCC(=O)O.CC(CCCN)C(=O)O.Cl. The number of aliphatic carboxylic acids is 2. The number of alkyl carbamates (subject to hydrolysis) is 1. The summed E-state index contributed by atoms with van der Waals surface area (Å²) in [6, 6.07) is 0. The predicted octanol–water partition coefficient (Wildman–Crippen LogP) is 2.63. The van der Waals surface area contributed by atoms with Gasteiger partial charge in [-0.25, -0.2) is 4.79 Å². The molecular formula is C16H33ClN2O6. The topological polar surface area (TPSA) is 139 Å². The number of hydrogen-bond acceptors (Lipinski definition) is 5. The Morgan fingerprint density at radius 3 is 2.08 bits per heavy atom. The summed E-state index contributed by atoms with van der Waals surface area (Å²) in [5.74, 6) is -1.79. The fourth-order valence-corrected chi connectivity index (χ4v) is 1.45. The van der Waals surface area contributed by atoms with Crippen LogP contribution in [0.3, 0.4) is 0 Å². The molecule has 0 rings (SSSR count). The Morgan fingerprint density at radius 1 is 1.12 bits per heavy atom. The number of hydrogen-bond donors (Lipinski definition) is 4. The Hall–Kier alpha value is -1.54. The van der Waals surface area contributed by atoms with E-state index in [4.69, 9.17) is 20.7 Å². The Labute approximate surface area is 155 Å². The molecule has 0 fully saturated rings. The molecule has 0 aliphatic carbocycles. The van der Waals surface area contributed by atoms with Gasteiger partial charge in [0.25, 0.3) is 0 Å². The maximum Gasteiger partial charge on any atom is 0.407 e. The van der Waals surface area contributed by atoms with Gasteiger partial charge in [0.15, 0.2) is 0 Å². The monoisotopic (exact) mass is 384 g/mol. The smallest absolute Gasteiger partial charge is 0.407 e. The number of amides is 1. The number of carboxylic acids is 2. The number of carbonyl (C=O) groups excluding carboxylic acids is 1. The van der Waals surface area contributed by atoms with Gasteiger partial charge in [-0.05, 0) is 53.0 Å². The molecule has 0 heterocycles. The van der Waals surface area contributed by atoms with Gasteiger partial charge in [-0.15, -0.1) is 12.4 Å². The van der Waals surface area contributed by atoms with Gasteiger partial charge in [0, 0.05) is 13.0 Å². The van der Waals surface area contributed by atoms with Crippen LogP contribution in [0.15, 0.2) is 0 Å². The standard InChI is InChI=1S/C10H19NO4.C6H13NO2.ClH/c1-10(2,3)15-9(14)11-7-5-4-6-8(12)13;1-5(6(8)9)3-2-4-7;/h4-7H2,1-3H3,(H,11,14)(H,12,13);5H,2-4,7H2,1H3,(H,8,9);1H. The van der Waals surface area contributed by atoms with Crippen molar-refractivity contribution in [3.63, 3.8) is 0 Å². The van der Waals surface area contributed by atoms with Crippen LogP contribution in [0.5, 0.6) is 0 Å². The van der Waals surface area contributed by atoms with E-state index in [-0.39, 0.29) is 24.7 Å². The zero-order chi connectivity index (χ0) is 19.2. The second-order valence-corrected chi connectivity index (χ2v) is 6.45. The van der Waals surface area contributed by atoms with Crippen molar-refractivity contribution >= 4 is 30.4 Å². The lowest BCUT2D eigenvalue weighted by molar-refractivity contribution is -0.141. The summed E-state index contributed by atoms with van der Waals surface area (Å²) in [7, 11) is 0. The van der Waals surface area contributed by atoms with Gasteiger partial charge in [0.1, 0.15) is 5.60 Å². The summed E-state index contributed by atoms with van der Waals surface area (Å²) in [5.41, 5.74) is 4.69. The molecule has 8 nitrogen and oxygen atoms in total. The number of unbranched alkanes of at least 4 members (excludes halogenated alkanes) is 1. The van der Waals surface area contributed by atoms with Crippen LogP contribution in [0.25, 0.3) is 0 Å². The van der Waals surface area contributed by atoms with Crippen molar-refractivity contribution in [2.24, 2.45) is 11.7 Å². The highest BCUT2D eigenvalue weighted by molar-refractivity contribution is 5.85. The second-order valence-electron chi connectivity index (χ2n) is 6.45. The lowest BCUT2D eigenvalue weighted by Gasteiger charge is -2.19. The number of nitrogens with two attached hydrogens (primary N) is 1. The average Bonchev–Trinajstić information content (AvgIpc) is 2.42. The molecule has 1 atom stereocenters. The quantitative estimate of drug-likeness (QED) is 0.448. The molecule has 9 heteroatoms. The van der Waals surface area contributed by atoms with E-state index in [0.717, 1.165) is 6.42 Å². The molecule has 5 N–H and O–H groups in total. The van der Waals surface area contributed by atoms with E-state index in [1.54, 1.807) is 27.7 Å². The zero-order valence-corrected chi connectivity index (χ0v) is 16.4. The van der Waals surface area contributed by atoms with Crippen LogP contribution in [0.2, 0.25) is 0 Å². The van der Waals surface area contributed by atoms with Crippen LogP contribution >= 0.6 is 12.4 Å². The maximum absolute atomic E-state index is 11.1. The van der Waals surface area contributed by atoms with E-state index in [1.807, 2.05) is 0 Å². The number of ether oxygens (including phenoxy) is 1. The largest absolute Gasteiger partial charge is 0.481 e. The van der Waals surface area contributed by atoms with E-state index in [9.17, 15) is 14.4 Å². The molecule has 0 bridgehead atoms. The van der Waals surface area contributed by atoms with Crippen LogP contribution in [0, 0.1) is 5.92 Å². The highest BCUT2D eigenvalue weighted by Gasteiger charge is 2.15. The normalized spacial score (nSPS) is 11.2. The van der Waals surface area contributed by atoms with Gasteiger partial charge in [-0.3, -0.25) is 9.59 Å². The molecule has 1 unspecified atom stereocenters. The van der Waals surface area contributed by atoms with Crippen LogP contribution in [-0.4, -0.2) is 46.9 Å². The average molecular weight is 385 g/mol. The first-order chi connectivity index (χ1) is 11.0. The second kappa shape index (κ2) is 16.0.